The first-order valence-corrected chi connectivity index (χ1v) is 5.58. The van der Waals surface area contributed by atoms with Crippen LogP contribution < -0.4 is 0 Å². The Balaban J connectivity index is 1.95. The van der Waals surface area contributed by atoms with E-state index in [1.165, 1.54) is 0 Å². The molecule has 86 valence electrons. The second kappa shape index (κ2) is 3.43. The van der Waals surface area contributed by atoms with Gasteiger partial charge in [-0.15, -0.1) is 0 Å². The quantitative estimate of drug-likeness (QED) is 0.506. The van der Waals surface area contributed by atoms with Gasteiger partial charge in [-0.1, -0.05) is 0 Å². The fraction of sp³-hybridized carbons (Fsp3) is 0. The van der Waals surface area contributed by atoms with Gasteiger partial charge in [0.1, 0.15) is 0 Å². The maximum atomic E-state index is 5.71. The molecule has 0 bridgehead atoms. The molecule has 4 rings (SSSR count). The van der Waals surface area contributed by atoms with E-state index in [0.29, 0.717) is 11.5 Å². The average molecular weight is 236 g/mol. The van der Waals surface area contributed by atoms with Crippen molar-refractivity contribution < 1.29 is 8.83 Å². The molecule has 0 saturated heterocycles. The molecule has 4 heterocycles. The van der Waals surface area contributed by atoms with Crippen molar-refractivity contribution in [1.82, 2.24) is 9.97 Å². The third-order valence-electron chi connectivity index (χ3n) is 2.89. The minimum Gasteiger partial charge on any atom is -0.451 e. The van der Waals surface area contributed by atoms with E-state index in [1.807, 2.05) is 24.3 Å². The largest absolute Gasteiger partial charge is 0.451 e. The molecule has 18 heavy (non-hydrogen) atoms. The molecule has 4 aromatic heterocycles. The van der Waals surface area contributed by atoms with Gasteiger partial charge >= 0.3 is 0 Å². The lowest BCUT2D eigenvalue weighted by Crippen LogP contribution is -1.65. The molecule has 4 heteroatoms. The van der Waals surface area contributed by atoms with Crippen molar-refractivity contribution in [2.24, 2.45) is 0 Å². The topological polar surface area (TPSA) is 52.1 Å². The number of fused-ring (bicyclic) bond motifs is 2. The molecular formula is C14H8N2O2. The molecule has 4 nitrogen and oxygen atoms in total. The molecule has 0 saturated carbocycles. The van der Waals surface area contributed by atoms with Crippen molar-refractivity contribution in [3.05, 3.63) is 49.1 Å². The van der Waals surface area contributed by atoms with Gasteiger partial charge in [-0.2, -0.15) is 0 Å². The number of hydrogen-bond acceptors (Lipinski definition) is 4. The fourth-order valence-corrected chi connectivity index (χ4v) is 2.01. The zero-order chi connectivity index (χ0) is 11.9. The molecule has 0 atom stereocenters. The van der Waals surface area contributed by atoms with Crippen LogP contribution in [-0.2, 0) is 0 Å². The van der Waals surface area contributed by atoms with E-state index in [0.717, 1.165) is 21.9 Å². The number of hydrogen-bond donors (Lipinski definition) is 0. The minimum absolute atomic E-state index is 0.703. The van der Waals surface area contributed by atoms with Crippen molar-refractivity contribution in [3.8, 4) is 11.5 Å². The highest BCUT2D eigenvalue weighted by Gasteiger charge is 2.11. The molecule has 0 aliphatic carbocycles. The van der Waals surface area contributed by atoms with E-state index in [2.05, 4.69) is 9.97 Å². The predicted molar refractivity (Wildman–Crippen MR) is 67.0 cm³/mol. The molecular weight excluding hydrogens is 228 g/mol. The Morgan fingerprint density at radius 3 is 1.67 bits per heavy atom. The van der Waals surface area contributed by atoms with Crippen LogP contribution in [-0.4, -0.2) is 9.97 Å². The van der Waals surface area contributed by atoms with Gasteiger partial charge in [0.2, 0.25) is 0 Å². The SMILES string of the molecule is c1cc2cc(-c3cc4ccncc4o3)oc2cn1. The van der Waals surface area contributed by atoms with Crippen molar-refractivity contribution in [1.29, 1.82) is 0 Å². The molecule has 0 aromatic carbocycles. The Morgan fingerprint density at radius 2 is 1.22 bits per heavy atom. The summed E-state index contributed by atoms with van der Waals surface area (Å²) < 4.78 is 11.4. The molecule has 0 aliphatic heterocycles. The molecule has 0 spiro atoms. The van der Waals surface area contributed by atoms with Crippen LogP contribution in [0, 0.1) is 0 Å². The summed E-state index contributed by atoms with van der Waals surface area (Å²) in [6, 6.07) is 7.71. The summed E-state index contributed by atoms with van der Waals surface area (Å²) in [7, 11) is 0. The Kier molecular flexibility index (Phi) is 1.80. The van der Waals surface area contributed by atoms with E-state index < -0.39 is 0 Å². The summed E-state index contributed by atoms with van der Waals surface area (Å²) in [5.41, 5.74) is 1.51. The van der Waals surface area contributed by atoms with Gasteiger partial charge in [-0.3, -0.25) is 9.97 Å². The first-order chi connectivity index (χ1) is 8.90. The number of nitrogens with zero attached hydrogens (tertiary/aromatic N) is 2. The van der Waals surface area contributed by atoms with Crippen LogP contribution in [0.4, 0.5) is 0 Å². The van der Waals surface area contributed by atoms with Gasteiger partial charge in [0.05, 0.1) is 12.4 Å². The number of pyridine rings is 2. The van der Waals surface area contributed by atoms with E-state index in [-0.39, 0.29) is 0 Å². The van der Waals surface area contributed by atoms with E-state index in [1.54, 1.807) is 24.8 Å². The first-order valence-electron chi connectivity index (χ1n) is 5.58. The van der Waals surface area contributed by atoms with Crippen LogP contribution in [0.1, 0.15) is 0 Å². The van der Waals surface area contributed by atoms with Crippen LogP contribution in [0.25, 0.3) is 33.5 Å². The summed E-state index contributed by atoms with van der Waals surface area (Å²) >= 11 is 0. The monoisotopic (exact) mass is 236 g/mol. The number of furan rings is 2. The number of rotatable bonds is 1. The summed E-state index contributed by atoms with van der Waals surface area (Å²) in [5.74, 6) is 1.41. The third-order valence-corrected chi connectivity index (χ3v) is 2.89. The predicted octanol–water partition coefficient (Wildman–Crippen LogP) is 3.64. The van der Waals surface area contributed by atoms with Crippen molar-refractivity contribution in [3.63, 3.8) is 0 Å². The Morgan fingerprint density at radius 1 is 0.722 bits per heavy atom. The van der Waals surface area contributed by atoms with Crippen molar-refractivity contribution in [2.45, 2.75) is 0 Å². The van der Waals surface area contributed by atoms with E-state index in [4.69, 9.17) is 8.83 Å². The van der Waals surface area contributed by atoms with E-state index >= 15 is 0 Å². The number of aromatic nitrogens is 2. The molecule has 0 aliphatic rings. The second-order valence-corrected chi connectivity index (χ2v) is 4.05. The van der Waals surface area contributed by atoms with Crippen LogP contribution in [0.3, 0.4) is 0 Å². The molecule has 0 fully saturated rings. The zero-order valence-electron chi connectivity index (χ0n) is 9.33. The van der Waals surface area contributed by atoms with E-state index in [9.17, 15) is 0 Å². The lowest BCUT2D eigenvalue weighted by Gasteiger charge is -1.87. The highest BCUT2D eigenvalue weighted by molar-refractivity contribution is 5.85. The van der Waals surface area contributed by atoms with Crippen LogP contribution in [0.15, 0.2) is 57.9 Å². The normalized spacial score (nSPS) is 11.3. The molecule has 0 N–H and O–H groups in total. The van der Waals surface area contributed by atoms with Crippen molar-refractivity contribution in [2.75, 3.05) is 0 Å². The van der Waals surface area contributed by atoms with Crippen LogP contribution in [0.5, 0.6) is 0 Å². The first kappa shape index (κ1) is 9.41. The molecule has 4 aromatic rings. The van der Waals surface area contributed by atoms with Gasteiger partial charge in [0.25, 0.3) is 0 Å². The summed E-state index contributed by atoms with van der Waals surface area (Å²) in [4.78, 5) is 8.06. The average Bonchev–Trinajstić information content (AvgIpc) is 3.02. The van der Waals surface area contributed by atoms with Gasteiger partial charge in [0, 0.05) is 23.2 Å². The lowest BCUT2D eigenvalue weighted by molar-refractivity contribution is 0.568. The molecule has 0 amide bonds. The maximum Gasteiger partial charge on any atom is 0.170 e. The fourth-order valence-electron chi connectivity index (χ4n) is 2.01. The Bertz CT molecular complexity index is 707. The van der Waals surface area contributed by atoms with Crippen LogP contribution in [0.2, 0.25) is 0 Å². The highest BCUT2D eigenvalue weighted by atomic mass is 16.4. The van der Waals surface area contributed by atoms with Gasteiger partial charge in [-0.05, 0) is 24.3 Å². The smallest absolute Gasteiger partial charge is 0.170 e. The maximum absolute atomic E-state index is 5.71. The van der Waals surface area contributed by atoms with Crippen molar-refractivity contribution >= 4 is 21.9 Å². The lowest BCUT2D eigenvalue weighted by atomic mass is 10.2. The molecule has 0 unspecified atom stereocenters. The standard InChI is InChI=1S/C14H8N2O2/c1-3-15-7-13-9(1)5-11(17-13)12-6-10-2-4-16-8-14(10)18-12/h1-8H. The summed E-state index contributed by atoms with van der Waals surface area (Å²) in [6.45, 7) is 0. The third kappa shape index (κ3) is 1.32. The summed E-state index contributed by atoms with van der Waals surface area (Å²) in [5, 5.41) is 2.03. The van der Waals surface area contributed by atoms with Gasteiger partial charge in [-0.25, -0.2) is 0 Å². The Labute approximate surface area is 102 Å². The Hall–Kier alpha value is -2.62. The summed E-state index contributed by atoms with van der Waals surface area (Å²) in [6.07, 6.45) is 6.88. The van der Waals surface area contributed by atoms with Gasteiger partial charge in [0.15, 0.2) is 22.7 Å². The second-order valence-electron chi connectivity index (χ2n) is 4.05. The van der Waals surface area contributed by atoms with Gasteiger partial charge < -0.3 is 8.83 Å². The molecule has 0 radical (unpaired) electrons. The van der Waals surface area contributed by atoms with Crippen LogP contribution >= 0.6 is 0 Å². The minimum atomic E-state index is 0.703. The zero-order valence-corrected chi connectivity index (χ0v) is 9.33. The highest BCUT2D eigenvalue weighted by Crippen LogP contribution is 2.31.